The molecule has 0 amide bonds. The molecule has 0 unspecified atom stereocenters. The molecule has 1 aliphatic heterocycles. The van der Waals surface area contributed by atoms with E-state index in [1.165, 1.54) is 17.7 Å². The number of aromatic nitrogens is 3. The summed E-state index contributed by atoms with van der Waals surface area (Å²) in [6.45, 7) is 0. The fraction of sp³-hybridized carbons (Fsp3) is 0.111. The van der Waals surface area contributed by atoms with Gasteiger partial charge in [0.05, 0.1) is 39.7 Å². The molecule has 0 saturated carbocycles. The predicted octanol–water partition coefficient (Wildman–Crippen LogP) is 4.35. The molecule has 0 saturated heterocycles. The lowest BCUT2D eigenvalue weighted by molar-refractivity contribution is 0.599. The second kappa shape index (κ2) is 7.31. The molecule has 5 aromatic rings. The van der Waals surface area contributed by atoms with Gasteiger partial charge in [0.15, 0.2) is 0 Å². The standard InChI is InChI=1S/C27H21FN4O2/c1-30-24-21(26(33)31(2)27(30)34)23(16-10-4-3-5-11-16)32-20-15-9-8-14-19(20)29-22(25(24)32)17-12-6-7-13-18(17)28/h3-15,22,29H,1-2H3/t22-/m0/s1. The van der Waals surface area contributed by atoms with E-state index >= 15 is 4.39 Å². The van der Waals surface area contributed by atoms with Crippen LogP contribution in [0.15, 0.2) is 88.5 Å². The van der Waals surface area contributed by atoms with Gasteiger partial charge in [-0.15, -0.1) is 0 Å². The van der Waals surface area contributed by atoms with E-state index in [0.29, 0.717) is 27.9 Å². The van der Waals surface area contributed by atoms with Crippen molar-refractivity contribution < 1.29 is 4.39 Å². The molecular formula is C27H21FN4O2. The number of fused-ring (bicyclic) bond motifs is 5. The molecule has 6 rings (SSSR count). The first kappa shape index (κ1) is 20.2. The van der Waals surface area contributed by atoms with Crippen molar-refractivity contribution >= 4 is 16.6 Å². The lowest BCUT2D eigenvalue weighted by Crippen LogP contribution is -2.37. The van der Waals surface area contributed by atoms with Crippen molar-refractivity contribution in [2.24, 2.45) is 14.1 Å². The maximum absolute atomic E-state index is 15.1. The van der Waals surface area contributed by atoms with E-state index in [9.17, 15) is 9.59 Å². The summed E-state index contributed by atoms with van der Waals surface area (Å²) >= 11 is 0. The molecule has 1 aliphatic rings. The largest absolute Gasteiger partial charge is 0.371 e. The first-order valence-electron chi connectivity index (χ1n) is 11.0. The fourth-order valence-corrected chi connectivity index (χ4v) is 5.03. The van der Waals surface area contributed by atoms with Gasteiger partial charge < -0.3 is 9.88 Å². The van der Waals surface area contributed by atoms with E-state index in [1.54, 1.807) is 25.2 Å². The van der Waals surface area contributed by atoms with Crippen molar-refractivity contribution in [3.8, 4) is 16.9 Å². The highest BCUT2D eigenvalue weighted by Gasteiger charge is 2.35. The Hall–Kier alpha value is -4.39. The van der Waals surface area contributed by atoms with Crippen LogP contribution in [-0.2, 0) is 14.1 Å². The van der Waals surface area contributed by atoms with Crippen LogP contribution < -0.4 is 16.6 Å². The Morgan fingerprint density at radius 2 is 1.50 bits per heavy atom. The Bertz CT molecular complexity index is 1710. The summed E-state index contributed by atoms with van der Waals surface area (Å²) in [4.78, 5) is 26.6. The van der Waals surface area contributed by atoms with Crippen molar-refractivity contribution in [1.29, 1.82) is 0 Å². The summed E-state index contributed by atoms with van der Waals surface area (Å²) in [7, 11) is 3.13. The first-order chi connectivity index (χ1) is 16.5. The number of hydrogen-bond acceptors (Lipinski definition) is 3. The van der Waals surface area contributed by atoms with Gasteiger partial charge >= 0.3 is 5.69 Å². The van der Waals surface area contributed by atoms with Crippen LogP contribution in [0.2, 0.25) is 0 Å². The van der Waals surface area contributed by atoms with Crippen molar-refractivity contribution in [1.82, 2.24) is 13.7 Å². The predicted molar refractivity (Wildman–Crippen MR) is 131 cm³/mol. The molecule has 2 aromatic heterocycles. The van der Waals surface area contributed by atoms with Crippen LogP contribution in [0.1, 0.15) is 17.3 Å². The van der Waals surface area contributed by atoms with Crippen molar-refractivity contribution in [3.05, 3.63) is 117 Å². The number of anilines is 1. The Morgan fingerprint density at radius 3 is 2.26 bits per heavy atom. The molecule has 0 bridgehead atoms. The normalized spacial score (nSPS) is 14.5. The Morgan fingerprint density at radius 1 is 0.824 bits per heavy atom. The minimum Gasteiger partial charge on any atom is -0.371 e. The smallest absolute Gasteiger partial charge is 0.331 e. The van der Waals surface area contributed by atoms with Gasteiger partial charge in [-0.3, -0.25) is 13.9 Å². The Kier molecular flexibility index (Phi) is 4.35. The molecular weight excluding hydrogens is 431 g/mol. The molecule has 1 atom stereocenters. The number of aryl methyl sites for hydroxylation is 1. The summed E-state index contributed by atoms with van der Waals surface area (Å²) in [5.74, 6) is -0.365. The van der Waals surface area contributed by atoms with Gasteiger partial charge in [-0.05, 0) is 23.8 Å². The van der Waals surface area contributed by atoms with Crippen molar-refractivity contribution in [2.75, 3.05) is 5.32 Å². The van der Waals surface area contributed by atoms with E-state index in [4.69, 9.17) is 0 Å². The van der Waals surface area contributed by atoms with Crippen molar-refractivity contribution in [3.63, 3.8) is 0 Å². The molecule has 0 aliphatic carbocycles. The lowest BCUT2D eigenvalue weighted by Gasteiger charge is -2.31. The Balaban J connectivity index is 1.89. The molecule has 3 heterocycles. The summed E-state index contributed by atoms with van der Waals surface area (Å²) in [5.41, 5.74) is 3.90. The quantitative estimate of drug-likeness (QED) is 0.433. The number of benzene rings is 3. The fourth-order valence-electron chi connectivity index (χ4n) is 5.03. The van der Waals surface area contributed by atoms with Crippen molar-refractivity contribution in [2.45, 2.75) is 6.04 Å². The van der Waals surface area contributed by atoms with Crippen LogP contribution in [0.4, 0.5) is 10.1 Å². The van der Waals surface area contributed by atoms with Crippen LogP contribution in [-0.4, -0.2) is 13.7 Å². The zero-order chi connectivity index (χ0) is 23.6. The van der Waals surface area contributed by atoms with Gasteiger partial charge in [0.2, 0.25) is 0 Å². The molecule has 1 N–H and O–H groups in total. The van der Waals surface area contributed by atoms with Gasteiger partial charge in [0, 0.05) is 19.7 Å². The average Bonchev–Trinajstić information content (AvgIpc) is 3.23. The van der Waals surface area contributed by atoms with E-state index in [1.807, 2.05) is 59.2 Å². The summed E-state index contributed by atoms with van der Waals surface area (Å²) in [6, 6.07) is 23.3. The van der Waals surface area contributed by atoms with Crippen LogP contribution in [0.3, 0.4) is 0 Å². The highest BCUT2D eigenvalue weighted by atomic mass is 19.1. The third-order valence-corrected chi connectivity index (χ3v) is 6.59. The first-order valence-corrected chi connectivity index (χ1v) is 11.0. The molecule has 6 nitrogen and oxygen atoms in total. The average molecular weight is 452 g/mol. The highest BCUT2D eigenvalue weighted by molar-refractivity contribution is 5.99. The lowest BCUT2D eigenvalue weighted by atomic mass is 9.99. The van der Waals surface area contributed by atoms with Gasteiger partial charge in [-0.2, -0.15) is 0 Å². The highest BCUT2D eigenvalue weighted by Crippen LogP contribution is 2.45. The molecule has 3 aromatic carbocycles. The molecule has 168 valence electrons. The van der Waals surface area contributed by atoms with Crippen LogP contribution >= 0.6 is 0 Å². The number of halogens is 1. The zero-order valence-corrected chi connectivity index (χ0v) is 18.6. The molecule has 7 heteroatoms. The SMILES string of the molecule is Cn1c(=O)c2c(-c3ccccc3)n3c(c2n(C)c1=O)[C@H](c1ccccc1F)Nc1ccccc1-3. The van der Waals surface area contributed by atoms with E-state index in [-0.39, 0.29) is 11.4 Å². The van der Waals surface area contributed by atoms with Gasteiger partial charge in [0.1, 0.15) is 5.82 Å². The third-order valence-electron chi connectivity index (χ3n) is 6.59. The molecule has 0 spiro atoms. The van der Waals surface area contributed by atoms with E-state index < -0.39 is 11.7 Å². The number of para-hydroxylation sites is 2. The van der Waals surface area contributed by atoms with Crippen LogP contribution in [0.5, 0.6) is 0 Å². The molecule has 0 fully saturated rings. The minimum atomic E-state index is -0.617. The number of nitrogens with one attached hydrogen (secondary N) is 1. The van der Waals surface area contributed by atoms with Crippen LogP contribution in [0.25, 0.3) is 27.8 Å². The van der Waals surface area contributed by atoms with Gasteiger partial charge in [0.25, 0.3) is 5.56 Å². The third kappa shape index (κ3) is 2.67. The summed E-state index contributed by atoms with van der Waals surface area (Å²) in [6.07, 6.45) is 0. The second-order valence-corrected chi connectivity index (χ2v) is 8.48. The zero-order valence-electron chi connectivity index (χ0n) is 18.6. The van der Waals surface area contributed by atoms with Gasteiger partial charge in [-0.1, -0.05) is 60.7 Å². The van der Waals surface area contributed by atoms with E-state index in [0.717, 1.165) is 21.5 Å². The number of rotatable bonds is 2. The molecule has 34 heavy (non-hydrogen) atoms. The molecule has 0 radical (unpaired) electrons. The maximum Gasteiger partial charge on any atom is 0.331 e. The summed E-state index contributed by atoms with van der Waals surface area (Å²) in [5, 5.41) is 3.88. The van der Waals surface area contributed by atoms with E-state index in [2.05, 4.69) is 5.32 Å². The maximum atomic E-state index is 15.1. The minimum absolute atomic E-state index is 0.365. The van der Waals surface area contributed by atoms with Gasteiger partial charge in [-0.25, -0.2) is 9.18 Å². The summed E-state index contributed by atoms with van der Waals surface area (Å²) < 4.78 is 19.7. The topological polar surface area (TPSA) is 61.0 Å². The number of hydrogen-bond donors (Lipinski definition) is 1. The number of nitrogens with zero attached hydrogens (tertiary/aromatic N) is 3. The van der Waals surface area contributed by atoms with Crippen LogP contribution in [0, 0.1) is 5.82 Å². The Labute approximate surface area is 194 Å². The second-order valence-electron chi connectivity index (χ2n) is 8.48. The monoisotopic (exact) mass is 452 g/mol.